The molecule has 4 rings (SSSR count). The molecule has 0 saturated heterocycles. The van der Waals surface area contributed by atoms with E-state index in [9.17, 15) is 4.79 Å². The fourth-order valence-corrected chi connectivity index (χ4v) is 5.25. The van der Waals surface area contributed by atoms with Crippen molar-refractivity contribution in [3.8, 4) is 0 Å². The number of hydrogen-bond donors (Lipinski definition) is 0. The molecule has 4 aromatic rings. The van der Waals surface area contributed by atoms with E-state index in [1.54, 1.807) is 28.6 Å². The summed E-state index contributed by atoms with van der Waals surface area (Å²) in [5.74, 6) is 0.0322. The number of thioether (sulfide) groups is 1. The lowest BCUT2D eigenvalue weighted by molar-refractivity contribution is -0.118. The summed E-state index contributed by atoms with van der Waals surface area (Å²) in [6.07, 6.45) is 3.88. The van der Waals surface area contributed by atoms with Crippen LogP contribution in [-0.2, 0) is 17.8 Å². The Labute approximate surface area is 191 Å². The van der Waals surface area contributed by atoms with Gasteiger partial charge in [-0.05, 0) is 47.9 Å². The molecule has 0 atom stereocenters. The Kier molecular flexibility index (Phi) is 6.68. The monoisotopic (exact) mass is 447 g/mol. The standard InChI is InChI=1S/C25H25N3OS2/c1-17(2)30-21-11-9-19(10-12-21)14-23(29)28(16-20-7-5-13-26-15-20)25-27-24-18(3)6-4-8-22(24)31-25/h4-13,15,17H,14,16H2,1-3H3. The van der Waals surface area contributed by atoms with E-state index >= 15 is 0 Å². The topological polar surface area (TPSA) is 46.1 Å². The van der Waals surface area contributed by atoms with Gasteiger partial charge in [-0.1, -0.05) is 55.5 Å². The molecule has 158 valence electrons. The maximum atomic E-state index is 13.4. The number of thiazole rings is 1. The number of pyridine rings is 1. The lowest BCUT2D eigenvalue weighted by Crippen LogP contribution is -2.31. The van der Waals surface area contributed by atoms with Gasteiger partial charge in [0.15, 0.2) is 5.13 Å². The van der Waals surface area contributed by atoms with E-state index < -0.39 is 0 Å². The summed E-state index contributed by atoms with van der Waals surface area (Å²) in [5, 5.41) is 1.26. The number of amides is 1. The van der Waals surface area contributed by atoms with E-state index in [1.807, 2.05) is 42.1 Å². The lowest BCUT2D eigenvalue weighted by Gasteiger charge is -2.20. The van der Waals surface area contributed by atoms with E-state index in [1.165, 1.54) is 4.90 Å². The third-order valence-corrected chi connectivity index (χ3v) is 6.91. The third-order valence-electron chi connectivity index (χ3n) is 4.86. The van der Waals surface area contributed by atoms with Crippen molar-refractivity contribution in [3.63, 3.8) is 0 Å². The van der Waals surface area contributed by atoms with Gasteiger partial charge >= 0.3 is 0 Å². The number of benzene rings is 2. The predicted molar refractivity (Wildman–Crippen MR) is 131 cm³/mol. The van der Waals surface area contributed by atoms with Crippen molar-refractivity contribution in [3.05, 3.63) is 83.7 Å². The van der Waals surface area contributed by atoms with Gasteiger partial charge in [-0.15, -0.1) is 11.8 Å². The van der Waals surface area contributed by atoms with E-state index in [4.69, 9.17) is 4.98 Å². The quantitative estimate of drug-likeness (QED) is 0.313. The highest BCUT2D eigenvalue weighted by Crippen LogP contribution is 2.32. The molecule has 0 spiro atoms. The van der Waals surface area contributed by atoms with Gasteiger partial charge in [-0.25, -0.2) is 4.98 Å². The number of carbonyl (C=O) groups excluding carboxylic acids is 1. The SMILES string of the molecule is Cc1cccc2sc(N(Cc3cccnc3)C(=O)Cc3ccc(SC(C)C)cc3)nc12. The molecule has 2 aromatic carbocycles. The van der Waals surface area contributed by atoms with Crippen LogP contribution in [0.1, 0.15) is 30.5 Å². The second-order valence-corrected chi connectivity index (χ2v) is 10.4. The van der Waals surface area contributed by atoms with E-state index in [0.717, 1.165) is 32.0 Å². The van der Waals surface area contributed by atoms with Crippen LogP contribution in [0.15, 0.2) is 71.9 Å². The zero-order valence-corrected chi connectivity index (χ0v) is 19.5. The smallest absolute Gasteiger partial charge is 0.233 e. The average Bonchev–Trinajstić information content (AvgIpc) is 3.19. The molecule has 0 aliphatic carbocycles. The van der Waals surface area contributed by atoms with Crippen molar-refractivity contribution in [1.82, 2.24) is 9.97 Å². The summed E-state index contributed by atoms with van der Waals surface area (Å²) < 4.78 is 1.09. The molecule has 0 radical (unpaired) electrons. The molecule has 1 amide bonds. The molecule has 0 N–H and O–H groups in total. The zero-order chi connectivity index (χ0) is 21.8. The summed E-state index contributed by atoms with van der Waals surface area (Å²) in [5.41, 5.74) is 4.07. The summed E-state index contributed by atoms with van der Waals surface area (Å²) in [4.78, 5) is 25.4. The van der Waals surface area contributed by atoms with Crippen LogP contribution in [0.2, 0.25) is 0 Å². The van der Waals surface area contributed by atoms with Gasteiger partial charge in [-0.3, -0.25) is 14.7 Å². The van der Waals surface area contributed by atoms with Crippen molar-refractivity contribution >= 4 is 44.4 Å². The van der Waals surface area contributed by atoms with Crippen molar-refractivity contribution in [2.24, 2.45) is 0 Å². The number of para-hydroxylation sites is 1. The number of aryl methyl sites for hydroxylation is 1. The maximum absolute atomic E-state index is 13.4. The van der Waals surface area contributed by atoms with Crippen LogP contribution in [0.25, 0.3) is 10.2 Å². The first kappa shape index (κ1) is 21.5. The van der Waals surface area contributed by atoms with Crippen LogP contribution >= 0.6 is 23.1 Å². The Morgan fingerprint density at radius 2 is 1.87 bits per heavy atom. The molecule has 0 fully saturated rings. The van der Waals surface area contributed by atoms with Crippen LogP contribution in [0.3, 0.4) is 0 Å². The number of rotatable bonds is 7. The summed E-state index contributed by atoms with van der Waals surface area (Å²) in [7, 11) is 0. The minimum absolute atomic E-state index is 0.0322. The van der Waals surface area contributed by atoms with Crippen LogP contribution in [0.5, 0.6) is 0 Å². The first-order valence-corrected chi connectivity index (χ1v) is 12.0. The Hall–Kier alpha value is -2.70. The van der Waals surface area contributed by atoms with Gasteiger partial charge < -0.3 is 0 Å². The fourth-order valence-electron chi connectivity index (χ4n) is 3.35. The molecule has 31 heavy (non-hydrogen) atoms. The fraction of sp³-hybridized carbons (Fsp3) is 0.240. The van der Waals surface area contributed by atoms with Gasteiger partial charge in [0.2, 0.25) is 5.91 Å². The first-order valence-electron chi connectivity index (χ1n) is 10.3. The van der Waals surface area contributed by atoms with Gasteiger partial charge in [0.25, 0.3) is 0 Å². The number of hydrogen-bond acceptors (Lipinski definition) is 5. The molecule has 0 unspecified atom stereocenters. The lowest BCUT2D eigenvalue weighted by atomic mass is 10.1. The number of aromatic nitrogens is 2. The Balaban J connectivity index is 1.61. The van der Waals surface area contributed by atoms with Crippen LogP contribution in [0.4, 0.5) is 5.13 Å². The normalized spacial score (nSPS) is 11.2. The largest absolute Gasteiger partial charge is 0.283 e. The summed E-state index contributed by atoms with van der Waals surface area (Å²) in [6.45, 7) is 6.86. The van der Waals surface area contributed by atoms with Crippen LogP contribution in [-0.4, -0.2) is 21.1 Å². The molecule has 0 aliphatic rings. The molecule has 6 heteroatoms. The second kappa shape index (κ2) is 9.62. The second-order valence-electron chi connectivity index (χ2n) is 7.75. The first-order chi connectivity index (χ1) is 15.0. The number of fused-ring (bicyclic) bond motifs is 1. The number of carbonyl (C=O) groups is 1. The van der Waals surface area contributed by atoms with Gasteiger partial charge in [0.1, 0.15) is 0 Å². The Morgan fingerprint density at radius 1 is 1.06 bits per heavy atom. The Bertz CT molecular complexity index is 1170. The van der Waals surface area contributed by atoms with Crippen molar-refractivity contribution < 1.29 is 4.79 Å². The Morgan fingerprint density at radius 3 is 2.55 bits per heavy atom. The summed E-state index contributed by atoms with van der Waals surface area (Å²) >= 11 is 3.38. The van der Waals surface area contributed by atoms with Gasteiger partial charge in [0, 0.05) is 22.5 Å². The van der Waals surface area contributed by atoms with Crippen molar-refractivity contribution in [2.45, 2.75) is 43.9 Å². The predicted octanol–water partition coefficient (Wildman–Crippen LogP) is 6.28. The van der Waals surface area contributed by atoms with Crippen molar-refractivity contribution in [1.29, 1.82) is 0 Å². The molecule has 0 aliphatic heterocycles. The number of anilines is 1. The van der Waals surface area contributed by atoms with E-state index in [-0.39, 0.29) is 5.91 Å². The van der Waals surface area contributed by atoms with Gasteiger partial charge in [0.05, 0.1) is 23.2 Å². The highest BCUT2D eigenvalue weighted by atomic mass is 32.2. The summed E-state index contributed by atoms with van der Waals surface area (Å²) in [6, 6.07) is 18.3. The van der Waals surface area contributed by atoms with Gasteiger partial charge in [-0.2, -0.15) is 0 Å². The molecular weight excluding hydrogens is 422 g/mol. The number of nitrogens with zero attached hydrogens (tertiary/aromatic N) is 3. The molecular formula is C25H25N3OS2. The average molecular weight is 448 g/mol. The highest BCUT2D eigenvalue weighted by molar-refractivity contribution is 7.99. The molecule has 0 bridgehead atoms. The molecule has 4 nitrogen and oxygen atoms in total. The van der Waals surface area contributed by atoms with Crippen LogP contribution in [0, 0.1) is 6.92 Å². The zero-order valence-electron chi connectivity index (χ0n) is 17.9. The third kappa shape index (κ3) is 5.32. The molecule has 0 saturated carbocycles. The maximum Gasteiger partial charge on any atom is 0.233 e. The molecule has 2 aromatic heterocycles. The van der Waals surface area contributed by atoms with Crippen LogP contribution < -0.4 is 4.90 Å². The minimum atomic E-state index is 0.0322. The minimum Gasteiger partial charge on any atom is -0.283 e. The highest BCUT2D eigenvalue weighted by Gasteiger charge is 2.21. The molecule has 2 heterocycles. The van der Waals surface area contributed by atoms with Crippen molar-refractivity contribution in [2.75, 3.05) is 4.90 Å². The van der Waals surface area contributed by atoms with E-state index in [2.05, 4.69) is 50.0 Å². The van der Waals surface area contributed by atoms with E-state index in [0.29, 0.717) is 18.2 Å².